The summed E-state index contributed by atoms with van der Waals surface area (Å²) in [4.78, 5) is 13.0. The topological polar surface area (TPSA) is 41.6 Å². The molecular weight excluding hydrogens is 273 g/mol. The van der Waals surface area contributed by atoms with Crippen LogP contribution in [0.2, 0.25) is 0 Å². The standard InChI is InChI=1S/C13H17F3N2O2/c1-18(12(19)7-17-9-13(14,15)16)8-10-4-3-5-11(6-10)20-2/h3-6,17H,7-9H2,1-2H3. The van der Waals surface area contributed by atoms with Gasteiger partial charge in [-0.3, -0.25) is 4.79 Å². The Bertz CT molecular complexity index is 449. The van der Waals surface area contributed by atoms with E-state index in [4.69, 9.17) is 4.74 Å². The van der Waals surface area contributed by atoms with Crippen LogP contribution in [0.25, 0.3) is 0 Å². The fourth-order valence-electron chi connectivity index (χ4n) is 1.58. The summed E-state index contributed by atoms with van der Waals surface area (Å²) in [5.41, 5.74) is 0.844. The van der Waals surface area contributed by atoms with Gasteiger partial charge in [0.15, 0.2) is 0 Å². The van der Waals surface area contributed by atoms with E-state index in [1.807, 2.05) is 6.07 Å². The van der Waals surface area contributed by atoms with Crippen LogP contribution in [0.4, 0.5) is 13.2 Å². The van der Waals surface area contributed by atoms with Crippen molar-refractivity contribution >= 4 is 5.91 Å². The molecule has 7 heteroatoms. The number of amides is 1. The molecule has 0 aromatic heterocycles. The Hall–Kier alpha value is -1.76. The van der Waals surface area contributed by atoms with E-state index >= 15 is 0 Å². The smallest absolute Gasteiger partial charge is 0.401 e. The van der Waals surface area contributed by atoms with Crippen LogP contribution in [0.1, 0.15) is 5.56 Å². The lowest BCUT2D eigenvalue weighted by molar-refractivity contribution is -0.133. The van der Waals surface area contributed by atoms with Gasteiger partial charge in [-0.2, -0.15) is 13.2 Å². The maximum atomic E-state index is 11.9. The monoisotopic (exact) mass is 290 g/mol. The van der Waals surface area contributed by atoms with Gasteiger partial charge in [0.2, 0.25) is 5.91 Å². The number of nitrogens with one attached hydrogen (secondary N) is 1. The van der Waals surface area contributed by atoms with Gasteiger partial charge < -0.3 is 15.0 Å². The van der Waals surface area contributed by atoms with Crippen molar-refractivity contribution in [3.63, 3.8) is 0 Å². The Labute approximate surface area is 115 Å². The predicted molar refractivity (Wildman–Crippen MR) is 68.4 cm³/mol. The summed E-state index contributed by atoms with van der Waals surface area (Å²) in [6.45, 7) is -1.21. The van der Waals surface area contributed by atoms with Crippen molar-refractivity contribution in [1.82, 2.24) is 10.2 Å². The van der Waals surface area contributed by atoms with E-state index in [0.29, 0.717) is 12.3 Å². The van der Waals surface area contributed by atoms with E-state index < -0.39 is 18.6 Å². The Morgan fingerprint density at radius 1 is 1.40 bits per heavy atom. The molecule has 1 amide bonds. The number of rotatable bonds is 6. The van der Waals surface area contributed by atoms with Gasteiger partial charge in [0.25, 0.3) is 0 Å². The molecule has 1 aromatic carbocycles. The molecule has 0 aliphatic carbocycles. The summed E-state index contributed by atoms with van der Waals surface area (Å²) >= 11 is 0. The average Bonchev–Trinajstić information content (AvgIpc) is 2.37. The van der Waals surface area contributed by atoms with Crippen LogP contribution < -0.4 is 10.1 Å². The van der Waals surface area contributed by atoms with Crippen LogP contribution in [-0.2, 0) is 11.3 Å². The molecule has 0 spiro atoms. The van der Waals surface area contributed by atoms with Crippen molar-refractivity contribution in [1.29, 1.82) is 0 Å². The third-order valence-corrected chi connectivity index (χ3v) is 2.58. The molecule has 112 valence electrons. The number of benzene rings is 1. The van der Waals surface area contributed by atoms with Crippen LogP contribution >= 0.6 is 0 Å². The number of nitrogens with zero attached hydrogens (tertiary/aromatic N) is 1. The van der Waals surface area contributed by atoms with Crippen LogP contribution in [0.5, 0.6) is 5.75 Å². The van der Waals surface area contributed by atoms with E-state index in [2.05, 4.69) is 5.32 Å². The van der Waals surface area contributed by atoms with E-state index in [-0.39, 0.29) is 6.54 Å². The molecule has 1 rings (SSSR count). The van der Waals surface area contributed by atoms with Gasteiger partial charge in [-0.15, -0.1) is 0 Å². The van der Waals surface area contributed by atoms with Gasteiger partial charge in [-0.1, -0.05) is 12.1 Å². The molecule has 0 atom stereocenters. The molecule has 1 N–H and O–H groups in total. The fourth-order valence-corrected chi connectivity index (χ4v) is 1.58. The second-order valence-corrected chi connectivity index (χ2v) is 4.32. The van der Waals surface area contributed by atoms with Crippen molar-refractivity contribution in [2.24, 2.45) is 0 Å². The third kappa shape index (κ3) is 5.92. The molecule has 0 fully saturated rings. The first-order chi connectivity index (χ1) is 9.31. The molecule has 0 bridgehead atoms. The molecular formula is C13H17F3N2O2. The summed E-state index contributed by atoms with van der Waals surface area (Å²) in [6, 6.07) is 7.15. The van der Waals surface area contributed by atoms with Crippen LogP contribution in [-0.4, -0.2) is 44.2 Å². The van der Waals surface area contributed by atoms with E-state index in [1.165, 1.54) is 19.1 Å². The number of alkyl halides is 3. The normalized spacial score (nSPS) is 11.2. The van der Waals surface area contributed by atoms with Gasteiger partial charge in [0.05, 0.1) is 20.2 Å². The molecule has 0 aliphatic heterocycles. The number of ether oxygens (including phenoxy) is 1. The average molecular weight is 290 g/mol. The first-order valence-corrected chi connectivity index (χ1v) is 5.96. The highest BCUT2D eigenvalue weighted by atomic mass is 19.4. The number of carbonyl (C=O) groups excluding carboxylic acids is 1. The molecule has 0 heterocycles. The molecule has 0 saturated carbocycles. The number of carbonyl (C=O) groups is 1. The number of halogens is 3. The van der Waals surface area contributed by atoms with E-state index in [1.54, 1.807) is 18.2 Å². The minimum Gasteiger partial charge on any atom is -0.497 e. The molecule has 4 nitrogen and oxygen atoms in total. The van der Waals surface area contributed by atoms with Crippen molar-refractivity contribution in [2.75, 3.05) is 27.2 Å². The third-order valence-electron chi connectivity index (χ3n) is 2.58. The number of hydrogen-bond acceptors (Lipinski definition) is 3. The number of likely N-dealkylation sites (N-methyl/N-ethyl adjacent to an activating group) is 1. The molecule has 0 radical (unpaired) electrons. The summed E-state index contributed by atoms with van der Waals surface area (Å²) in [5, 5.41) is 2.07. The Kier molecular flexibility index (Phi) is 5.82. The van der Waals surface area contributed by atoms with Crippen LogP contribution in [0.3, 0.4) is 0 Å². The van der Waals surface area contributed by atoms with Crippen molar-refractivity contribution in [3.05, 3.63) is 29.8 Å². The highest BCUT2D eigenvalue weighted by molar-refractivity contribution is 5.77. The molecule has 20 heavy (non-hydrogen) atoms. The van der Waals surface area contributed by atoms with Gasteiger partial charge in [0.1, 0.15) is 5.75 Å². The van der Waals surface area contributed by atoms with E-state index in [9.17, 15) is 18.0 Å². The molecule has 1 aromatic rings. The maximum Gasteiger partial charge on any atom is 0.401 e. The summed E-state index contributed by atoms with van der Waals surface area (Å²) < 4.78 is 40.9. The highest BCUT2D eigenvalue weighted by Gasteiger charge is 2.26. The lowest BCUT2D eigenvalue weighted by Crippen LogP contribution is -2.38. The summed E-state index contributed by atoms with van der Waals surface area (Å²) in [6.07, 6.45) is -4.31. The first kappa shape index (κ1) is 16.3. The van der Waals surface area contributed by atoms with Gasteiger partial charge in [-0.25, -0.2) is 0 Å². The minimum atomic E-state index is -4.31. The second-order valence-electron chi connectivity index (χ2n) is 4.32. The number of hydrogen-bond donors (Lipinski definition) is 1. The Balaban J connectivity index is 2.45. The van der Waals surface area contributed by atoms with Gasteiger partial charge in [0, 0.05) is 13.6 Å². The molecule has 0 saturated heterocycles. The first-order valence-electron chi connectivity index (χ1n) is 5.96. The highest BCUT2D eigenvalue weighted by Crippen LogP contribution is 2.14. The lowest BCUT2D eigenvalue weighted by atomic mass is 10.2. The summed E-state index contributed by atoms with van der Waals surface area (Å²) in [7, 11) is 3.08. The van der Waals surface area contributed by atoms with Crippen molar-refractivity contribution in [2.45, 2.75) is 12.7 Å². The van der Waals surface area contributed by atoms with Crippen molar-refractivity contribution in [3.8, 4) is 5.75 Å². The zero-order chi connectivity index (χ0) is 15.2. The Morgan fingerprint density at radius 2 is 2.10 bits per heavy atom. The molecule has 0 aliphatic rings. The van der Waals surface area contributed by atoms with E-state index in [0.717, 1.165) is 5.56 Å². The van der Waals surface area contributed by atoms with Crippen LogP contribution in [0.15, 0.2) is 24.3 Å². The maximum absolute atomic E-state index is 11.9. The lowest BCUT2D eigenvalue weighted by Gasteiger charge is -2.18. The van der Waals surface area contributed by atoms with Crippen molar-refractivity contribution < 1.29 is 22.7 Å². The largest absolute Gasteiger partial charge is 0.497 e. The SMILES string of the molecule is COc1cccc(CN(C)C(=O)CNCC(F)(F)F)c1. The second kappa shape index (κ2) is 7.14. The number of methoxy groups -OCH3 is 1. The fraction of sp³-hybridized carbons (Fsp3) is 0.462. The predicted octanol–water partition coefficient (Wildman–Crippen LogP) is 1.81. The zero-order valence-corrected chi connectivity index (χ0v) is 11.3. The minimum absolute atomic E-state index is 0.309. The van der Waals surface area contributed by atoms with Gasteiger partial charge in [-0.05, 0) is 17.7 Å². The summed E-state index contributed by atoms with van der Waals surface area (Å²) in [5.74, 6) is 0.260. The Morgan fingerprint density at radius 3 is 2.70 bits per heavy atom. The molecule has 0 unspecified atom stereocenters. The van der Waals surface area contributed by atoms with Gasteiger partial charge >= 0.3 is 6.18 Å². The zero-order valence-electron chi connectivity index (χ0n) is 11.3. The van der Waals surface area contributed by atoms with Crippen LogP contribution in [0, 0.1) is 0 Å². The quantitative estimate of drug-likeness (QED) is 0.868.